The van der Waals surface area contributed by atoms with Crippen LogP contribution in [0.15, 0.2) is 42.5 Å². The van der Waals surface area contributed by atoms with Crippen molar-refractivity contribution in [1.82, 2.24) is 9.88 Å². The largest absolute Gasteiger partial charge is 0.490 e. The van der Waals surface area contributed by atoms with E-state index in [1.807, 2.05) is 18.2 Å². The molecule has 8 nitrogen and oxygen atoms in total. The monoisotopic (exact) mass is 542 g/mol. The van der Waals surface area contributed by atoms with Crippen LogP contribution in [-0.4, -0.2) is 41.9 Å². The van der Waals surface area contributed by atoms with Gasteiger partial charge in [-0.1, -0.05) is 12.1 Å². The number of hydrogen-bond acceptors (Lipinski definition) is 4. The summed E-state index contributed by atoms with van der Waals surface area (Å²) in [7, 11) is 0. The zero-order valence-electron chi connectivity index (χ0n) is 22.9. The number of carbonyl (C=O) groups excluding carboxylic acids is 2. The van der Waals surface area contributed by atoms with Crippen LogP contribution in [0.3, 0.4) is 0 Å². The molecule has 0 radical (unpaired) electrons. The number of rotatable bonds is 8. The van der Waals surface area contributed by atoms with E-state index in [-0.39, 0.29) is 30.0 Å². The average molecular weight is 543 g/mol. The molecule has 3 amide bonds. The molecule has 4 fully saturated rings. The predicted molar refractivity (Wildman–Crippen MR) is 156 cm³/mol. The van der Waals surface area contributed by atoms with Crippen LogP contribution in [0.5, 0.6) is 5.75 Å². The van der Waals surface area contributed by atoms with Crippen LogP contribution in [-0.2, 0) is 9.53 Å². The molecule has 2 aromatic carbocycles. The van der Waals surface area contributed by atoms with E-state index < -0.39 is 0 Å². The highest BCUT2D eigenvalue weighted by molar-refractivity contribution is 6.10. The van der Waals surface area contributed by atoms with E-state index >= 15 is 0 Å². The summed E-state index contributed by atoms with van der Waals surface area (Å²) in [5, 5.41) is 10.4. The number of anilines is 2. The van der Waals surface area contributed by atoms with Crippen LogP contribution in [0.4, 0.5) is 16.2 Å². The Hall–Kier alpha value is -3.52. The van der Waals surface area contributed by atoms with E-state index in [2.05, 4.69) is 44.8 Å². The minimum Gasteiger partial charge on any atom is -0.490 e. The number of ether oxygens (including phenoxy) is 2. The van der Waals surface area contributed by atoms with Gasteiger partial charge in [0.05, 0.1) is 30.1 Å². The Balaban J connectivity index is 1.25. The van der Waals surface area contributed by atoms with E-state index in [0.29, 0.717) is 6.04 Å². The Labute approximate surface area is 234 Å². The SMILES string of the molecule is O=C(Nc1ccc(-c2c(NC(=O)C3CC3)c3ccc(OC4CCOCC4)cc3n2C2CCC2)cc1)NC1CCC1. The van der Waals surface area contributed by atoms with Gasteiger partial charge < -0.3 is 30.0 Å². The summed E-state index contributed by atoms with van der Waals surface area (Å²) in [6.07, 6.45) is 10.6. The first kappa shape index (κ1) is 25.4. The van der Waals surface area contributed by atoms with Gasteiger partial charge in [-0.3, -0.25) is 4.79 Å². The van der Waals surface area contributed by atoms with Crippen molar-refractivity contribution in [1.29, 1.82) is 0 Å². The molecule has 0 atom stereocenters. The van der Waals surface area contributed by atoms with E-state index in [9.17, 15) is 9.59 Å². The van der Waals surface area contributed by atoms with Crippen molar-refractivity contribution in [3.63, 3.8) is 0 Å². The zero-order chi connectivity index (χ0) is 27.1. The minimum absolute atomic E-state index is 0.0994. The molecule has 210 valence electrons. The topological polar surface area (TPSA) is 93.6 Å². The molecule has 1 saturated heterocycles. The summed E-state index contributed by atoms with van der Waals surface area (Å²) in [5.74, 6) is 1.07. The molecule has 7 rings (SSSR count). The molecule has 40 heavy (non-hydrogen) atoms. The van der Waals surface area contributed by atoms with Crippen molar-refractivity contribution >= 4 is 34.2 Å². The van der Waals surface area contributed by atoms with Gasteiger partial charge in [-0.05, 0) is 75.6 Å². The maximum atomic E-state index is 13.1. The molecule has 1 aliphatic heterocycles. The average Bonchev–Trinajstić information content (AvgIpc) is 3.72. The lowest BCUT2D eigenvalue weighted by Crippen LogP contribution is -2.41. The van der Waals surface area contributed by atoms with Crippen LogP contribution in [0.1, 0.15) is 70.3 Å². The number of amides is 3. The highest BCUT2D eigenvalue weighted by Gasteiger charge is 2.33. The van der Waals surface area contributed by atoms with Crippen LogP contribution in [0.25, 0.3) is 22.2 Å². The Bertz CT molecular complexity index is 1400. The molecule has 3 N–H and O–H groups in total. The maximum Gasteiger partial charge on any atom is 0.319 e. The van der Waals surface area contributed by atoms with Gasteiger partial charge in [0, 0.05) is 53.5 Å². The number of hydrogen-bond donors (Lipinski definition) is 3. The lowest BCUT2D eigenvalue weighted by atomic mass is 9.92. The highest BCUT2D eigenvalue weighted by atomic mass is 16.5. The number of fused-ring (bicyclic) bond motifs is 1. The van der Waals surface area contributed by atoms with Crippen molar-refractivity contribution < 1.29 is 19.1 Å². The van der Waals surface area contributed by atoms with Gasteiger partial charge in [-0.15, -0.1) is 0 Å². The van der Waals surface area contributed by atoms with E-state index in [1.165, 1.54) is 12.8 Å². The molecule has 2 heterocycles. The van der Waals surface area contributed by atoms with Crippen molar-refractivity contribution in [2.24, 2.45) is 5.92 Å². The summed E-state index contributed by atoms with van der Waals surface area (Å²) < 4.78 is 14.3. The third-order valence-corrected chi connectivity index (χ3v) is 8.94. The molecule has 3 aromatic rings. The molecular weight excluding hydrogens is 504 g/mol. The lowest BCUT2D eigenvalue weighted by molar-refractivity contribution is -0.117. The fourth-order valence-corrected chi connectivity index (χ4v) is 5.97. The third kappa shape index (κ3) is 5.17. The summed E-state index contributed by atoms with van der Waals surface area (Å²) in [5.41, 5.74) is 4.77. The van der Waals surface area contributed by atoms with E-state index in [1.54, 1.807) is 0 Å². The van der Waals surface area contributed by atoms with Gasteiger partial charge in [0.15, 0.2) is 0 Å². The van der Waals surface area contributed by atoms with Gasteiger partial charge in [0.25, 0.3) is 0 Å². The van der Waals surface area contributed by atoms with Crippen LogP contribution < -0.4 is 20.7 Å². The molecule has 1 aromatic heterocycles. The van der Waals surface area contributed by atoms with E-state index in [4.69, 9.17) is 9.47 Å². The number of urea groups is 1. The summed E-state index contributed by atoms with van der Waals surface area (Å²) in [6.45, 7) is 1.47. The first-order valence-corrected chi connectivity index (χ1v) is 15.0. The normalized spacial score (nSPS) is 20.0. The second kappa shape index (κ2) is 10.8. The Morgan fingerprint density at radius 3 is 2.25 bits per heavy atom. The first-order valence-electron chi connectivity index (χ1n) is 15.0. The number of benzene rings is 2. The minimum atomic E-state index is -0.157. The number of carbonyl (C=O) groups is 2. The molecule has 0 bridgehead atoms. The molecule has 0 unspecified atom stereocenters. The second-order valence-electron chi connectivity index (χ2n) is 11.9. The molecule has 3 saturated carbocycles. The van der Waals surface area contributed by atoms with Crippen molar-refractivity contribution in [3.05, 3.63) is 42.5 Å². The van der Waals surface area contributed by atoms with Gasteiger partial charge in [0.1, 0.15) is 11.9 Å². The molecule has 8 heteroatoms. The van der Waals surface area contributed by atoms with Gasteiger partial charge in [-0.25, -0.2) is 4.79 Å². The van der Waals surface area contributed by atoms with Gasteiger partial charge in [0.2, 0.25) is 5.91 Å². The molecule has 4 aliphatic rings. The van der Waals surface area contributed by atoms with Crippen molar-refractivity contribution in [2.75, 3.05) is 23.8 Å². The fraction of sp³-hybridized carbons (Fsp3) is 0.500. The van der Waals surface area contributed by atoms with Crippen molar-refractivity contribution in [3.8, 4) is 17.0 Å². The Morgan fingerprint density at radius 2 is 1.60 bits per heavy atom. The standard InChI is InChI=1S/C32H38N4O4/c37-31(21-7-8-21)35-29-27-14-13-26(40-25-15-17-39-18-16-25)19-28(27)36(24-5-2-6-24)30(29)20-9-11-23(12-10-20)34-32(38)33-22-3-1-4-22/h9-14,19,21-22,24-25H,1-8,15-18H2,(H,35,37)(H2,33,34,38). The lowest BCUT2D eigenvalue weighted by Gasteiger charge is -2.30. The smallest absolute Gasteiger partial charge is 0.319 e. The number of nitrogens with one attached hydrogen (secondary N) is 3. The molecular formula is C32H38N4O4. The summed E-state index contributed by atoms with van der Waals surface area (Å²) in [6, 6.07) is 14.8. The summed E-state index contributed by atoms with van der Waals surface area (Å²) in [4.78, 5) is 25.5. The number of aromatic nitrogens is 1. The predicted octanol–water partition coefficient (Wildman–Crippen LogP) is 6.61. The molecule has 3 aliphatic carbocycles. The van der Waals surface area contributed by atoms with Crippen LogP contribution >= 0.6 is 0 Å². The van der Waals surface area contributed by atoms with Crippen LogP contribution in [0, 0.1) is 5.92 Å². The highest BCUT2D eigenvalue weighted by Crippen LogP contribution is 2.47. The Morgan fingerprint density at radius 1 is 0.850 bits per heavy atom. The molecule has 0 spiro atoms. The Kier molecular flexibility index (Phi) is 6.87. The maximum absolute atomic E-state index is 13.1. The summed E-state index contributed by atoms with van der Waals surface area (Å²) >= 11 is 0. The van der Waals surface area contributed by atoms with Crippen LogP contribution in [0.2, 0.25) is 0 Å². The fourth-order valence-electron chi connectivity index (χ4n) is 5.97. The van der Waals surface area contributed by atoms with Gasteiger partial charge >= 0.3 is 6.03 Å². The zero-order valence-corrected chi connectivity index (χ0v) is 22.9. The second-order valence-corrected chi connectivity index (χ2v) is 11.9. The van der Waals surface area contributed by atoms with Crippen molar-refractivity contribution in [2.45, 2.75) is 82.4 Å². The third-order valence-electron chi connectivity index (χ3n) is 8.94. The van der Waals surface area contributed by atoms with E-state index in [0.717, 1.165) is 104 Å². The quantitative estimate of drug-likeness (QED) is 0.298. The van der Waals surface area contributed by atoms with Gasteiger partial charge in [-0.2, -0.15) is 0 Å². The first-order chi connectivity index (χ1) is 19.6. The number of nitrogens with zero attached hydrogens (tertiary/aromatic N) is 1.